The second-order valence-electron chi connectivity index (χ2n) is 6.68. The van der Waals surface area contributed by atoms with Gasteiger partial charge in [0.25, 0.3) is 0 Å². The SMILES string of the molecule is O=C(Cc1cc2cc(-c3cncc(F)c3)ncc2cn1)CN1CCCC1. The lowest BCUT2D eigenvalue weighted by atomic mass is 10.1. The third kappa shape index (κ3) is 3.75. The van der Waals surface area contributed by atoms with Gasteiger partial charge in [-0.25, -0.2) is 4.39 Å². The highest BCUT2D eigenvalue weighted by Gasteiger charge is 2.16. The summed E-state index contributed by atoms with van der Waals surface area (Å²) in [6.45, 7) is 2.51. The number of Topliss-reactive ketones (excluding diaryl/α,β-unsaturated/α-hetero) is 1. The quantitative estimate of drug-likeness (QED) is 0.708. The molecule has 0 spiro atoms. The van der Waals surface area contributed by atoms with Gasteiger partial charge in [-0.3, -0.25) is 24.6 Å². The fraction of sp³-hybridized carbons (Fsp3) is 0.300. The maximum atomic E-state index is 13.4. The molecular weight excluding hydrogens is 331 g/mol. The Bertz CT molecular complexity index is 953. The van der Waals surface area contributed by atoms with Gasteiger partial charge in [0.15, 0.2) is 5.78 Å². The number of carbonyl (C=O) groups excluding carboxylic acids is 1. The van der Waals surface area contributed by atoms with Gasteiger partial charge in [-0.2, -0.15) is 0 Å². The van der Waals surface area contributed by atoms with Crippen LogP contribution in [0.4, 0.5) is 4.39 Å². The first-order valence-corrected chi connectivity index (χ1v) is 8.77. The van der Waals surface area contributed by atoms with Gasteiger partial charge in [0.05, 0.1) is 24.9 Å². The van der Waals surface area contributed by atoms with Crippen molar-refractivity contribution >= 4 is 16.6 Å². The van der Waals surface area contributed by atoms with Crippen LogP contribution in [-0.4, -0.2) is 45.3 Å². The normalized spacial score (nSPS) is 14.8. The number of hydrogen-bond donors (Lipinski definition) is 0. The third-order valence-corrected chi connectivity index (χ3v) is 4.64. The first-order valence-electron chi connectivity index (χ1n) is 8.77. The van der Waals surface area contributed by atoms with Crippen molar-refractivity contribution in [3.8, 4) is 11.3 Å². The van der Waals surface area contributed by atoms with Gasteiger partial charge in [-0.1, -0.05) is 0 Å². The molecule has 132 valence electrons. The van der Waals surface area contributed by atoms with E-state index in [4.69, 9.17) is 0 Å². The van der Waals surface area contributed by atoms with E-state index in [0.717, 1.165) is 29.6 Å². The highest BCUT2D eigenvalue weighted by Crippen LogP contribution is 2.22. The van der Waals surface area contributed by atoms with E-state index < -0.39 is 5.82 Å². The van der Waals surface area contributed by atoms with Gasteiger partial charge >= 0.3 is 0 Å². The molecule has 3 aromatic heterocycles. The predicted molar refractivity (Wildman–Crippen MR) is 97.1 cm³/mol. The standard InChI is InChI=1S/C20H19FN4O/c21-17-5-15(9-22-12-17)20-7-14-6-18(23-10-16(14)11-24-20)8-19(26)13-25-3-1-2-4-25/h5-7,9-12H,1-4,8,13H2. The van der Waals surface area contributed by atoms with Crippen LogP contribution in [0, 0.1) is 5.82 Å². The summed E-state index contributed by atoms with van der Waals surface area (Å²) in [5.41, 5.74) is 2.01. The van der Waals surface area contributed by atoms with Crippen LogP contribution in [0.15, 0.2) is 43.0 Å². The van der Waals surface area contributed by atoms with Gasteiger partial charge in [0, 0.05) is 35.2 Å². The van der Waals surface area contributed by atoms with Gasteiger partial charge in [0.1, 0.15) is 5.82 Å². The molecule has 26 heavy (non-hydrogen) atoms. The number of hydrogen-bond acceptors (Lipinski definition) is 5. The van der Waals surface area contributed by atoms with E-state index in [-0.39, 0.29) is 5.78 Å². The van der Waals surface area contributed by atoms with E-state index in [9.17, 15) is 9.18 Å². The molecule has 3 aromatic rings. The van der Waals surface area contributed by atoms with E-state index in [1.165, 1.54) is 25.1 Å². The largest absolute Gasteiger partial charge is 0.298 e. The first-order chi connectivity index (χ1) is 12.7. The second kappa shape index (κ2) is 7.25. The lowest BCUT2D eigenvalue weighted by Gasteiger charge is -2.13. The average molecular weight is 350 g/mol. The molecule has 1 aliphatic heterocycles. The molecule has 4 rings (SSSR count). The Balaban J connectivity index is 1.56. The maximum absolute atomic E-state index is 13.4. The minimum atomic E-state index is -0.396. The van der Waals surface area contributed by atoms with E-state index in [2.05, 4.69) is 19.9 Å². The Morgan fingerprint density at radius 2 is 1.81 bits per heavy atom. The number of halogens is 1. The van der Waals surface area contributed by atoms with Crippen molar-refractivity contribution < 1.29 is 9.18 Å². The highest BCUT2D eigenvalue weighted by molar-refractivity contribution is 5.87. The number of aromatic nitrogens is 3. The van der Waals surface area contributed by atoms with Crippen molar-refractivity contribution in [2.24, 2.45) is 0 Å². The fourth-order valence-corrected chi connectivity index (χ4v) is 3.34. The van der Waals surface area contributed by atoms with Crippen molar-refractivity contribution in [3.05, 3.63) is 54.5 Å². The molecule has 0 atom stereocenters. The van der Waals surface area contributed by atoms with E-state index in [1.54, 1.807) is 18.6 Å². The number of nitrogens with zero attached hydrogens (tertiary/aromatic N) is 4. The molecule has 0 amide bonds. The molecule has 0 radical (unpaired) electrons. The Morgan fingerprint density at radius 1 is 1.00 bits per heavy atom. The van der Waals surface area contributed by atoms with Crippen LogP contribution < -0.4 is 0 Å². The second-order valence-corrected chi connectivity index (χ2v) is 6.68. The molecule has 0 aromatic carbocycles. The lowest BCUT2D eigenvalue weighted by Crippen LogP contribution is -2.27. The summed E-state index contributed by atoms with van der Waals surface area (Å²) >= 11 is 0. The Hall–Kier alpha value is -2.73. The molecule has 0 saturated carbocycles. The molecule has 1 saturated heterocycles. The summed E-state index contributed by atoms with van der Waals surface area (Å²) in [7, 11) is 0. The van der Waals surface area contributed by atoms with Crippen molar-refractivity contribution in [2.45, 2.75) is 19.3 Å². The minimum Gasteiger partial charge on any atom is -0.298 e. The molecule has 6 heteroatoms. The number of rotatable bonds is 5. The summed E-state index contributed by atoms with van der Waals surface area (Å²) < 4.78 is 13.4. The van der Waals surface area contributed by atoms with Crippen molar-refractivity contribution in [2.75, 3.05) is 19.6 Å². The molecule has 0 bridgehead atoms. The Kier molecular flexibility index (Phi) is 4.67. The van der Waals surface area contributed by atoms with E-state index >= 15 is 0 Å². The predicted octanol–water partition coefficient (Wildman–Crippen LogP) is 3.04. The molecule has 0 N–H and O–H groups in total. The van der Waals surface area contributed by atoms with Gasteiger partial charge in [-0.15, -0.1) is 0 Å². The number of pyridine rings is 3. The summed E-state index contributed by atoms with van der Waals surface area (Å²) in [5, 5.41) is 1.81. The minimum absolute atomic E-state index is 0.183. The van der Waals surface area contributed by atoms with Crippen molar-refractivity contribution in [1.29, 1.82) is 0 Å². The molecule has 0 aliphatic carbocycles. The van der Waals surface area contributed by atoms with Crippen LogP contribution in [0.1, 0.15) is 18.5 Å². The number of ketones is 1. The average Bonchev–Trinajstić information content (AvgIpc) is 3.14. The van der Waals surface area contributed by atoms with Crippen molar-refractivity contribution in [3.63, 3.8) is 0 Å². The first kappa shape index (κ1) is 16.7. The van der Waals surface area contributed by atoms with Crippen LogP contribution in [0.3, 0.4) is 0 Å². The van der Waals surface area contributed by atoms with Crippen LogP contribution in [0.5, 0.6) is 0 Å². The summed E-state index contributed by atoms with van der Waals surface area (Å²) in [4.78, 5) is 27.1. The zero-order valence-electron chi connectivity index (χ0n) is 14.4. The van der Waals surface area contributed by atoms with E-state index in [1.807, 2.05) is 12.1 Å². The zero-order valence-corrected chi connectivity index (χ0v) is 14.4. The molecule has 5 nitrogen and oxygen atoms in total. The van der Waals surface area contributed by atoms with Crippen LogP contribution in [-0.2, 0) is 11.2 Å². The topological polar surface area (TPSA) is 59.0 Å². The summed E-state index contributed by atoms with van der Waals surface area (Å²) in [6, 6.07) is 5.19. The van der Waals surface area contributed by atoms with Gasteiger partial charge < -0.3 is 0 Å². The molecular formula is C20H19FN4O. The van der Waals surface area contributed by atoms with Crippen LogP contribution >= 0.6 is 0 Å². The summed E-state index contributed by atoms with van der Waals surface area (Å²) in [5.74, 6) is -0.213. The molecule has 1 aliphatic rings. The number of carbonyl (C=O) groups is 1. The van der Waals surface area contributed by atoms with Gasteiger partial charge in [-0.05, 0) is 49.5 Å². The lowest BCUT2D eigenvalue weighted by molar-refractivity contribution is -0.119. The Labute approximate surface area is 150 Å². The highest BCUT2D eigenvalue weighted by atomic mass is 19.1. The number of likely N-dealkylation sites (tertiary alicyclic amines) is 1. The molecule has 1 fully saturated rings. The van der Waals surface area contributed by atoms with E-state index in [0.29, 0.717) is 24.2 Å². The van der Waals surface area contributed by atoms with Crippen molar-refractivity contribution in [1.82, 2.24) is 19.9 Å². The van der Waals surface area contributed by atoms with Crippen LogP contribution in [0.25, 0.3) is 22.0 Å². The maximum Gasteiger partial charge on any atom is 0.152 e. The fourth-order valence-electron chi connectivity index (χ4n) is 3.34. The summed E-state index contributed by atoms with van der Waals surface area (Å²) in [6.07, 6.45) is 8.86. The monoisotopic (exact) mass is 350 g/mol. The zero-order chi connectivity index (χ0) is 17.9. The van der Waals surface area contributed by atoms with Gasteiger partial charge in [0.2, 0.25) is 0 Å². The number of fused-ring (bicyclic) bond motifs is 1. The third-order valence-electron chi connectivity index (χ3n) is 4.64. The van der Waals surface area contributed by atoms with Crippen LogP contribution in [0.2, 0.25) is 0 Å². The Morgan fingerprint density at radius 3 is 2.62 bits per heavy atom. The molecule has 4 heterocycles. The molecule has 0 unspecified atom stereocenters. The smallest absolute Gasteiger partial charge is 0.152 e.